The third kappa shape index (κ3) is 3.35. The van der Waals surface area contributed by atoms with Crippen LogP contribution in [0.3, 0.4) is 0 Å². The first-order chi connectivity index (χ1) is 9.20. The Labute approximate surface area is 116 Å². The highest BCUT2D eigenvalue weighted by Crippen LogP contribution is 2.35. The van der Waals surface area contributed by atoms with E-state index in [1.54, 1.807) is 0 Å². The Morgan fingerprint density at radius 2 is 1.84 bits per heavy atom. The van der Waals surface area contributed by atoms with Gasteiger partial charge in [-0.3, -0.25) is 11.3 Å². The van der Waals surface area contributed by atoms with E-state index in [0.717, 1.165) is 19.3 Å². The molecule has 0 aliphatic heterocycles. The number of benzene rings is 1. The first-order valence-corrected chi connectivity index (χ1v) is 7.27. The SMILES string of the molecule is COC1(C(Cc2ccc(C)cc2)NN)CCCCC1. The average Bonchev–Trinajstić information content (AvgIpc) is 2.47. The van der Waals surface area contributed by atoms with Gasteiger partial charge < -0.3 is 4.74 Å². The molecule has 0 spiro atoms. The second-order valence-electron chi connectivity index (χ2n) is 5.74. The van der Waals surface area contributed by atoms with Gasteiger partial charge in [-0.1, -0.05) is 49.1 Å². The smallest absolute Gasteiger partial charge is 0.0847 e. The van der Waals surface area contributed by atoms with Gasteiger partial charge in [0.2, 0.25) is 0 Å². The summed E-state index contributed by atoms with van der Waals surface area (Å²) in [7, 11) is 1.82. The molecular formula is C16H26N2O. The number of methoxy groups -OCH3 is 1. The maximum atomic E-state index is 5.89. The molecule has 1 aliphatic rings. The van der Waals surface area contributed by atoms with Crippen LogP contribution in [-0.2, 0) is 11.2 Å². The predicted molar refractivity (Wildman–Crippen MR) is 78.8 cm³/mol. The molecule has 1 fully saturated rings. The molecule has 1 atom stereocenters. The fraction of sp³-hybridized carbons (Fsp3) is 0.625. The highest BCUT2D eigenvalue weighted by atomic mass is 16.5. The van der Waals surface area contributed by atoms with Crippen LogP contribution in [0.2, 0.25) is 0 Å². The van der Waals surface area contributed by atoms with Crippen molar-refractivity contribution in [1.29, 1.82) is 0 Å². The van der Waals surface area contributed by atoms with Crippen LogP contribution in [0.1, 0.15) is 43.2 Å². The summed E-state index contributed by atoms with van der Waals surface area (Å²) in [5.41, 5.74) is 5.51. The molecule has 0 saturated heterocycles. The zero-order valence-electron chi connectivity index (χ0n) is 12.1. The van der Waals surface area contributed by atoms with Crippen LogP contribution in [0.15, 0.2) is 24.3 Å². The van der Waals surface area contributed by atoms with Gasteiger partial charge in [-0.25, -0.2) is 0 Å². The van der Waals surface area contributed by atoms with Crippen molar-refractivity contribution in [2.45, 2.75) is 57.1 Å². The number of hydrogen-bond acceptors (Lipinski definition) is 3. The lowest BCUT2D eigenvalue weighted by atomic mass is 9.77. The van der Waals surface area contributed by atoms with E-state index in [-0.39, 0.29) is 11.6 Å². The Morgan fingerprint density at radius 1 is 1.21 bits per heavy atom. The van der Waals surface area contributed by atoms with E-state index in [2.05, 4.69) is 36.6 Å². The summed E-state index contributed by atoms with van der Waals surface area (Å²) in [5.74, 6) is 5.81. The van der Waals surface area contributed by atoms with Gasteiger partial charge in [-0.15, -0.1) is 0 Å². The lowest BCUT2D eigenvalue weighted by Crippen LogP contribution is -2.56. The molecule has 1 unspecified atom stereocenters. The minimum atomic E-state index is -0.0993. The van der Waals surface area contributed by atoms with Gasteiger partial charge in [0.05, 0.1) is 11.6 Å². The molecule has 19 heavy (non-hydrogen) atoms. The molecular weight excluding hydrogens is 236 g/mol. The molecule has 3 nitrogen and oxygen atoms in total. The van der Waals surface area contributed by atoms with Gasteiger partial charge in [0.25, 0.3) is 0 Å². The van der Waals surface area contributed by atoms with E-state index in [0.29, 0.717) is 0 Å². The molecule has 1 aromatic carbocycles. The molecule has 3 N–H and O–H groups in total. The molecule has 2 rings (SSSR count). The number of hydrazine groups is 1. The lowest BCUT2D eigenvalue weighted by Gasteiger charge is -2.42. The summed E-state index contributed by atoms with van der Waals surface area (Å²) in [5, 5.41) is 0. The van der Waals surface area contributed by atoms with Crippen molar-refractivity contribution in [2.24, 2.45) is 5.84 Å². The van der Waals surface area contributed by atoms with E-state index in [1.807, 2.05) is 7.11 Å². The molecule has 0 heterocycles. The fourth-order valence-corrected chi connectivity index (χ4v) is 3.20. The summed E-state index contributed by atoms with van der Waals surface area (Å²) >= 11 is 0. The molecule has 0 amide bonds. The van der Waals surface area contributed by atoms with E-state index < -0.39 is 0 Å². The topological polar surface area (TPSA) is 47.3 Å². The molecule has 0 bridgehead atoms. The predicted octanol–water partition coefficient (Wildman–Crippen LogP) is 2.72. The van der Waals surface area contributed by atoms with Crippen molar-refractivity contribution in [1.82, 2.24) is 5.43 Å². The third-order valence-electron chi connectivity index (χ3n) is 4.50. The number of ether oxygens (including phenoxy) is 1. The highest BCUT2D eigenvalue weighted by molar-refractivity contribution is 5.22. The Hall–Kier alpha value is -0.900. The van der Waals surface area contributed by atoms with Crippen molar-refractivity contribution in [3.8, 4) is 0 Å². The van der Waals surface area contributed by atoms with E-state index in [1.165, 1.54) is 30.4 Å². The number of nitrogens with two attached hydrogens (primary N) is 1. The van der Waals surface area contributed by atoms with E-state index >= 15 is 0 Å². The normalized spacial score (nSPS) is 20.2. The monoisotopic (exact) mass is 262 g/mol. The van der Waals surface area contributed by atoms with Crippen LogP contribution in [0.4, 0.5) is 0 Å². The summed E-state index contributed by atoms with van der Waals surface area (Å²) in [6.45, 7) is 2.11. The summed E-state index contributed by atoms with van der Waals surface area (Å²) in [6.07, 6.45) is 6.91. The fourth-order valence-electron chi connectivity index (χ4n) is 3.20. The molecule has 1 aliphatic carbocycles. The van der Waals surface area contributed by atoms with Crippen LogP contribution in [0, 0.1) is 6.92 Å². The molecule has 0 aromatic heterocycles. The zero-order valence-corrected chi connectivity index (χ0v) is 12.1. The van der Waals surface area contributed by atoms with Crippen molar-refractivity contribution >= 4 is 0 Å². The van der Waals surface area contributed by atoms with E-state index in [9.17, 15) is 0 Å². The van der Waals surface area contributed by atoms with Crippen molar-refractivity contribution in [3.05, 3.63) is 35.4 Å². The third-order valence-corrected chi connectivity index (χ3v) is 4.50. The Bertz CT molecular complexity index is 382. The van der Waals surface area contributed by atoms with Gasteiger partial charge in [0.15, 0.2) is 0 Å². The van der Waals surface area contributed by atoms with Crippen LogP contribution in [0.5, 0.6) is 0 Å². The molecule has 1 aromatic rings. The molecule has 3 heteroatoms. The minimum Gasteiger partial charge on any atom is -0.377 e. The summed E-state index contributed by atoms with van der Waals surface area (Å²) in [6, 6.07) is 8.87. The van der Waals surface area contributed by atoms with E-state index in [4.69, 9.17) is 10.6 Å². The summed E-state index contributed by atoms with van der Waals surface area (Å²) < 4.78 is 5.89. The van der Waals surface area contributed by atoms with Crippen LogP contribution >= 0.6 is 0 Å². The van der Waals surface area contributed by atoms with Gasteiger partial charge in [-0.05, 0) is 31.7 Å². The maximum Gasteiger partial charge on any atom is 0.0847 e. The first-order valence-electron chi connectivity index (χ1n) is 7.27. The Morgan fingerprint density at radius 3 is 2.37 bits per heavy atom. The minimum absolute atomic E-state index is 0.0993. The molecule has 106 valence electrons. The standard InChI is InChI=1S/C16H26N2O/c1-13-6-8-14(9-7-13)12-15(18-17)16(19-2)10-4-3-5-11-16/h6-9,15,18H,3-5,10-12,17H2,1-2H3. The average molecular weight is 262 g/mol. The van der Waals surface area contributed by atoms with Gasteiger partial charge in [0, 0.05) is 7.11 Å². The van der Waals surface area contributed by atoms with Crippen molar-refractivity contribution in [3.63, 3.8) is 0 Å². The number of nitrogens with one attached hydrogen (secondary N) is 1. The Kier molecular flexibility index (Phi) is 4.97. The number of hydrogen-bond donors (Lipinski definition) is 2. The van der Waals surface area contributed by atoms with Crippen LogP contribution < -0.4 is 11.3 Å². The summed E-state index contributed by atoms with van der Waals surface area (Å²) in [4.78, 5) is 0. The van der Waals surface area contributed by atoms with Crippen molar-refractivity contribution < 1.29 is 4.74 Å². The van der Waals surface area contributed by atoms with Gasteiger partial charge >= 0.3 is 0 Å². The van der Waals surface area contributed by atoms with Gasteiger partial charge in [0.1, 0.15) is 0 Å². The Balaban J connectivity index is 2.11. The largest absolute Gasteiger partial charge is 0.377 e. The highest BCUT2D eigenvalue weighted by Gasteiger charge is 2.39. The number of aryl methyl sites for hydroxylation is 1. The van der Waals surface area contributed by atoms with Crippen molar-refractivity contribution in [2.75, 3.05) is 7.11 Å². The molecule has 1 saturated carbocycles. The second-order valence-corrected chi connectivity index (χ2v) is 5.74. The molecule has 0 radical (unpaired) electrons. The van der Waals surface area contributed by atoms with Crippen LogP contribution in [-0.4, -0.2) is 18.8 Å². The number of rotatable bonds is 5. The second kappa shape index (κ2) is 6.51. The maximum absolute atomic E-state index is 5.89. The van der Waals surface area contributed by atoms with Crippen LogP contribution in [0.25, 0.3) is 0 Å². The lowest BCUT2D eigenvalue weighted by molar-refractivity contribution is -0.0673. The zero-order chi connectivity index (χ0) is 13.7. The first kappa shape index (κ1) is 14.5. The quantitative estimate of drug-likeness (QED) is 0.633. The van der Waals surface area contributed by atoms with Gasteiger partial charge in [-0.2, -0.15) is 0 Å².